The maximum absolute atomic E-state index is 9.98. The summed E-state index contributed by atoms with van der Waals surface area (Å²) in [7, 11) is 0. The van der Waals surface area contributed by atoms with Gasteiger partial charge in [0.1, 0.15) is 0 Å². The molecule has 2 N–H and O–H groups in total. The monoisotopic (exact) mass is 194 g/mol. The van der Waals surface area contributed by atoms with Crippen LogP contribution in [-0.4, -0.2) is 5.91 Å². The molecule has 8 heavy (non-hydrogen) atoms. The summed E-state index contributed by atoms with van der Waals surface area (Å²) in [5, 5.41) is 0. The van der Waals surface area contributed by atoms with E-state index in [1.807, 2.05) is 6.92 Å². The summed E-state index contributed by atoms with van der Waals surface area (Å²) in [4.78, 5) is 9.98. The molecule has 0 aromatic heterocycles. The van der Waals surface area contributed by atoms with Crippen LogP contribution in [0.2, 0.25) is 0 Å². The van der Waals surface area contributed by atoms with E-state index in [1.54, 1.807) is 0 Å². The molecule has 47 valence electrons. The molecular formula is C5H11NNbO. The molecule has 0 aromatic rings. The third-order valence-electron chi connectivity index (χ3n) is 0.777. The Morgan fingerprint density at radius 2 is 2.12 bits per heavy atom. The van der Waals surface area contributed by atoms with Crippen LogP contribution in [0.3, 0.4) is 0 Å². The van der Waals surface area contributed by atoms with Crippen LogP contribution in [0, 0.1) is 0 Å². The van der Waals surface area contributed by atoms with Gasteiger partial charge in [0.15, 0.2) is 0 Å². The largest absolute Gasteiger partial charge is 0.370 e. The number of carbonyl (C=O) groups excluding carboxylic acids is 1. The molecule has 0 saturated carbocycles. The van der Waals surface area contributed by atoms with Crippen molar-refractivity contribution in [3.63, 3.8) is 0 Å². The topological polar surface area (TPSA) is 43.1 Å². The fourth-order valence-corrected chi connectivity index (χ4v) is 0.351. The molecule has 0 unspecified atom stereocenters. The van der Waals surface area contributed by atoms with E-state index in [1.165, 1.54) is 0 Å². The van der Waals surface area contributed by atoms with Crippen molar-refractivity contribution in [2.45, 2.75) is 26.2 Å². The summed E-state index contributed by atoms with van der Waals surface area (Å²) < 4.78 is 0. The third kappa shape index (κ3) is 9.51. The molecule has 0 atom stereocenters. The molecule has 0 aliphatic heterocycles. The Kier molecular flexibility index (Phi) is 9.97. The number of hydrogen-bond donors (Lipinski definition) is 1. The van der Waals surface area contributed by atoms with Gasteiger partial charge in [-0.3, -0.25) is 4.79 Å². The summed E-state index contributed by atoms with van der Waals surface area (Å²) in [5.74, 6) is -0.193. The molecule has 0 aromatic carbocycles. The van der Waals surface area contributed by atoms with Crippen LogP contribution in [0.15, 0.2) is 0 Å². The van der Waals surface area contributed by atoms with Gasteiger partial charge in [0, 0.05) is 28.8 Å². The van der Waals surface area contributed by atoms with E-state index in [4.69, 9.17) is 5.73 Å². The minimum absolute atomic E-state index is 0. The summed E-state index contributed by atoms with van der Waals surface area (Å²) in [6, 6.07) is 0. The molecule has 0 saturated heterocycles. The summed E-state index contributed by atoms with van der Waals surface area (Å²) in [5.41, 5.74) is 4.84. The Bertz CT molecular complexity index is 65.4. The number of unbranched alkanes of at least 4 members (excludes halogenated alkanes) is 1. The molecule has 0 aliphatic rings. The van der Waals surface area contributed by atoms with Gasteiger partial charge >= 0.3 is 0 Å². The van der Waals surface area contributed by atoms with Crippen molar-refractivity contribution < 1.29 is 27.2 Å². The van der Waals surface area contributed by atoms with Crippen molar-refractivity contribution >= 4 is 5.91 Å². The molecule has 0 aliphatic carbocycles. The zero-order valence-corrected chi connectivity index (χ0v) is 7.25. The first-order chi connectivity index (χ1) is 3.27. The second-order valence-corrected chi connectivity index (χ2v) is 1.57. The fourth-order valence-electron chi connectivity index (χ4n) is 0.351. The number of amides is 1. The van der Waals surface area contributed by atoms with Gasteiger partial charge in [-0.05, 0) is 6.42 Å². The molecular weight excluding hydrogens is 183 g/mol. The van der Waals surface area contributed by atoms with E-state index in [-0.39, 0.29) is 28.3 Å². The van der Waals surface area contributed by atoms with Crippen molar-refractivity contribution in [2.24, 2.45) is 5.73 Å². The maximum Gasteiger partial charge on any atom is 0.217 e. The molecule has 0 rings (SSSR count). The molecule has 1 radical (unpaired) electrons. The smallest absolute Gasteiger partial charge is 0.217 e. The Balaban J connectivity index is 0. The summed E-state index contributed by atoms with van der Waals surface area (Å²) >= 11 is 0. The summed E-state index contributed by atoms with van der Waals surface area (Å²) in [6.45, 7) is 2.03. The predicted octanol–water partition coefficient (Wildman–Crippen LogP) is 0.659. The average molecular weight is 194 g/mol. The van der Waals surface area contributed by atoms with Crippen molar-refractivity contribution in [1.29, 1.82) is 0 Å². The summed E-state index contributed by atoms with van der Waals surface area (Å²) in [6.07, 6.45) is 2.51. The Hall–Kier alpha value is 0.210. The van der Waals surface area contributed by atoms with E-state index >= 15 is 0 Å². The Labute approximate surface area is 65.3 Å². The number of hydrogen-bond acceptors (Lipinski definition) is 1. The van der Waals surface area contributed by atoms with Gasteiger partial charge < -0.3 is 5.73 Å². The van der Waals surface area contributed by atoms with Crippen LogP contribution in [-0.2, 0) is 27.2 Å². The van der Waals surface area contributed by atoms with Crippen LogP contribution in [0.5, 0.6) is 0 Å². The maximum atomic E-state index is 9.98. The molecule has 0 fully saturated rings. The van der Waals surface area contributed by atoms with Crippen LogP contribution >= 0.6 is 0 Å². The van der Waals surface area contributed by atoms with Crippen LogP contribution in [0.4, 0.5) is 0 Å². The van der Waals surface area contributed by atoms with Crippen molar-refractivity contribution in [3.8, 4) is 0 Å². The van der Waals surface area contributed by atoms with Crippen LogP contribution in [0.25, 0.3) is 0 Å². The number of nitrogens with two attached hydrogens (primary N) is 1. The quantitative estimate of drug-likeness (QED) is 0.659. The standard InChI is InChI=1S/C5H11NO.Nb/c1-2-3-4-5(6)7;/h2-4H2,1H3,(H2,6,7);. The minimum Gasteiger partial charge on any atom is -0.370 e. The Morgan fingerprint density at radius 1 is 1.62 bits per heavy atom. The predicted molar refractivity (Wildman–Crippen MR) is 28.7 cm³/mol. The fraction of sp³-hybridized carbons (Fsp3) is 0.800. The molecule has 0 heterocycles. The Morgan fingerprint density at radius 3 is 2.25 bits per heavy atom. The number of carbonyl (C=O) groups is 1. The SMILES string of the molecule is CCCCC(N)=O.[Nb]. The van der Waals surface area contributed by atoms with E-state index in [0.717, 1.165) is 12.8 Å². The average Bonchev–Trinajstić information content (AvgIpc) is 1.61. The zero-order valence-electron chi connectivity index (χ0n) is 5.05. The molecule has 3 heteroatoms. The van der Waals surface area contributed by atoms with Gasteiger partial charge in [0.25, 0.3) is 0 Å². The van der Waals surface area contributed by atoms with Crippen molar-refractivity contribution in [3.05, 3.63) is 0 Å². The second kappa shape index (κ2) is 7.21. The normalized spacial score (nSPS) is 7.62. The molecule has 1 amide bonds. The van der Waals surface area contributed by atoms with Gasteiger partial charge in [0.2, 0.25) is 5.91 Å². The van der Waals surface area contributed by atoms with Crippen LogP contribution < -0.4 is 5.73 Å². The molecule has 2 nitrogen and oxygen atoms in total. The number of rotatable bonds is 3. The van der Waals surface area contributed by atoms with Gasteiger partial charge in [0.05, 0.1) is 0 Å². The van der Waals surface area contributed by atoms with E-state index in [9.17, 15) is 4.79 Å². The van der Waals surface area contributed by atoms with Gasteiger partial charge in [-0.15, -0.1) is 0 Å². The van der Waals surface area contributed by atoms with Gasteiger partial charge in [-0.1, -0.05) is 13.3 Å². The van der Waals surface area contributed by atoms with E-state index < -0.39 is 0 Å². The minimum atomic E-state index is -0.193. The van der Waals surface area contributed by atoms with Crippen molar-refractivity contribution in [1.82, 2.24) is 0 Å². The van der Waals surface area contributed by atoms with Crippen LogP contribution in [0.1, 0.15) is 26.2 Å². The molecule has 0 spiro atoms. The van der Waals surface area contributed by atoms with Gasteiger partial charge in [-0.25, -0.2) is 0 Å². The number of primary amides is 1. The van der Waals surface area contributed by atoms with E-state index in [0.29, 0.717) is 6.42 Å². The van der Waals surface area contributed by atoms with E-state index in [2.05, 4.69) is 0 Å². The first-order valence-corrected chi connectivity index (χ1v) is 2.55. The first kappa shape index (κ1) is 11.1. The van der Waals surface area contributed by atoms with Gasteiger partial charge in [-0.2, -0.15) is 0 Å². The zero-order chi connectivity index (χ0) is 5.70. The van der Waals surface area contributed by atoms with Crippen molar-refractivity contribution in [2.75, 3.05) is 0 Å². The molecule has 0 bridgehead atoms. The third-order valence-corrected chi connectivity index (χ3v) is 0.777. The second-order valence-electron chi connectivity index (χ2n) is 1.57. The first-order valence-electron chi connectivity index (χ1n) is 2.55.